The van der Waals surface area contributed by atoms with E-state index in [0.29, 0.717) is 12.3 Å². The molecule has 10 heavy (non-hydrogen) atoms. The molecule has 0 heterocycles. The Balaban J connectivity index is 3.44. The summed E-state index contributed by atoms with van der Waals surface area (Å²) in [7, 11) is 0. The van der Waals surface area contributed by atoms with Crippen LogP contribution in [0.5, 0.6) is 0 Å². The monoisotopic (exact) mass is 144 g/mol. The molecule has 0 unspecified atom stereocenters. The maximum absolute atomic E-state index is 10.9. The third kappa shape index (κ3) is 5.56. The fourth-order valence-electron chi connectivity index (χ4n) is 0.684. The first-order valence-corrected chi connectivity index (χ1v) is 3.57. The zero-order chi connectivity index (χ0) is 8.15. The van der Waals surface area contributed by atoms with E-state index < -0.39 is 0 Å². The summed E-state index contributed by atoms with van der Waals surface area (Å²) in [6.45, 7) is 5.75. The van der Waals surface area contributed by atoms with Gasteiger partial charge in [0, 0.05) is 6.42 Å². The number of amides is 1. The molecule has 0 saturated heterocycles. The molecule has 0 fully saturated rings. The minimum Gasteiger partial charge on any atom is -0.341 e. The van der Waals surface area contributed by atoms with Crippen LogP contribution in [0, 0.1) is 5.92 Å². The molecule has 60 valence electrons. The third-order valence-electron chi connectivity index (χ3n) is 0.982. The van der Waals surface area contributed by atoms with Gasteiger partial charge in [-0.25, -0.2) is 0 Å². The van der Waals surface area contributed by atoms with Gasteiger partial charge in [0.25, 0.3) is 0 Å². The van der Waals surface area contributed by atoms with Crippen molar-refractivity contribution in [1.29, 1.82) is 0 Å². The van der Waals surface area contributed by atoms with Crippen molar-refractivity contribution in [2.24, 2.45) is 11.7 Å². The maximum atomic E-state index is 10.9. The minimum absolute atomic E-state index is 0.0324. The Labute approximate surface area is 62.0 Å². The molecule has 0 aliphatic carbocycles. The fourth-order valence-corrected chi connectivity index (χ4v) is 0.684. The fraction of sp³-hybridized carbons (Fsp3) is 0.857. The second kappa shape index (κ2) is 4.28. The van der Waals surface area contributed by atoms with E-state index >= 15 is 0 Å². The van der Waals surface area contributed by atoms with Gasteiger partial charge in [0.15, 0.2) is 0 Å². The highest BCUT2D eigenvalue weighted by Crippen LogP contribution is 1.97. The molecular weight excluding hydrogens is 128 g/mol. The molecule has 3 N–H and O–H groups in total. The predicted octanol–water partition coefficient (Wildman–Crippen LogP) is 0.453. The van der Waals surface area contributed by atoms with Gasteiger partial charge in [0.05, 0.1) is 6.17 Å². The van der Waals surface area contributed by atoms with Crippen molar-refractivity contribution >= 4 is 5.91 Å². The van der Waals surface area contributed by atoms with Crippen LogP contribution < -0.4 is 11.1 Å². The highest BCUT2D eigenvalue weighted by atomic mass is 16.1. The first-order chi connectivity index (χ1) is 4.52. The average molecular weight is 144 g/mol. The van der Waals surface area contributed by atoms with Crippen molar-refractivity contribution in [3.63, 3.8) is 0 Å². The average Bonchev–Trinajstić information content (AvgIpc) is 1.58. The van der Waals surface area contributed by atoms with Crippen LogP contribution in [0.15, 0.2) is 0 Å². The molecule has 3 nitrogen and oxygen atoms in total. The van der Waals surface area contributed by atoms with Crippen molar-refractivity contribution in [2.45, 2.75) is 33.4 Å². The molecule has 1 atom stereocenters. The Bertz CT molecular complexity index is 98.2. The molecule has 0 aromatic carbocycles. The van der Waals surface area contributed by atoms with Gasteiger partial charge in [-0.15, -0.1) is 0 Å². The second-order valence-electron chi connectivity index (χ2n) is 2.95. The normalized spacial score (nSPS) is 13.3. The van der Waals surface area contributed by atoms with Gasteiger partial charge in [0.1, 0.15) is 0 Å². The lowest BCUT2D eigenvalue weighted by Crippen LogP contribution is -2.39. The van der Waals surface area contributed by atoms with Gasteiger partial charge < -0.3 is 11.1 Å². The van der Waals surface area contributed by atoms with E-state index in [9.17, 15) is 4.79 Å². The lowest BCUT2D eigenvalue weighted by Gasteiger charge is -2.09. The van der Waals surface area contributed by atoms with Crippen molar-refractivity contribution in [1.82, 2.24) is 5.32 Å². The molecule has 0 radical (unpaired) electrons. The van der Waals surface area contributed by atoms with Gasteiger partial charge in [-0.1, -0.05) is 13.8 Å². The summed E-state index contributed by atoms with van der Waals surface area (Å²) in [5.41, 5.74) is 5.34. The highest BCUT2D eigenvalue weighted by molar-refractivity contribution is 5.76. The Morgan fingerprint density at radius 2 is 2.00 bits per heavy atom. The molecule has 0 aliphatic heterocycles. The van der Waals surface area contributed by atoms with E-state index in [0.717, 1.165) is 0 Å². The van der Waals surface area contributed by atoms with Crippen LogP contribution in [-0.4, -0.2) is 12.1 Å². The van der Waals surface area contributed by atoms with Crippen molar-refractivity contribution < 1.29 is 4.79 Å². The van der Waals surface area contributed by atoms with Crippen LogP contribution in [0.25, 0.3) is 0 Å². The van der Waals surface area contributed by atoms with E-state index in [1.54, 1.807) is 6.92 Å². The zero-order valence-electron chi connectivity index (χ0n) is 6.85. The molecule has 0 aromatic heterocycles. The number of rotatable bonds is 3. The Hall–Kier alpha value is -0.570. The highest BCUT2D eigenvalue weighted by Gasteiger charge is 2.04. The SMILES string of the molecule is CC(C)CC(=O)N[C@@H](C)N. The zero-order valence-corrected chi connectivity index (χ0v) is 6.85. The Kier molecular flexibility index (Phi) is 4.03. The van der Waals surface area contributed by atoms with Crippen LogP contribution in [-0.2, 0) is 4.79 Å². The third-order valence-corrected chi connectivity index (χ3v) is 0.982. The van der Waals surface area contributed by atoms with Crippen molar-refractivity contribution in [3.8, 4) is 0 Å². The van der Waals surface area contributed by atoms with E-state index in [1.165, 1.54) is 0 Å². The first kappa shape index (κ1) is 9.43. The topological polar surface area (TPSA) is 55.1 Å². The Morgan fingerprint density at radius 3 is 2.30 bits per heavy atom. The summed E-state index contributed by atoms with van der Waals surface area (Å²) in [5.74, 6) is 0.434. The van der Waals surface area contributed by atoms with Gasteiger partial charge in [-0.2, -0.15) is 0 Å². The number of nitrogens with two attached hydrogens (primary N) is 1. The van der Waals surface area contributed by atoms with Crippen LogP contribution in [0.3, 0.4) is 0 Å². The number of carbonyl (C=O) groups is 1. The summed E-state index contributed by atoms with van der Waals surface area (Å²) in [6.07, 6.45) is 0.327. The van der Waals surface area contributed by atoms with E-state index in [1.807, 2.05) is 13.8 Å². The molecule has 0 rings (SSSR count). The molecule has 0 spiro atoms. The first-order valence-electron chi connectivity index (χ1n) is 3.57. The lowest BCUT2D eigenvalue weighted by atomic mass is 10.1. The second-order valence-corrected chi connectivity index (χ2v) is 2.95. The minimum atomic E-state index is -0.230. The molecule has 0 saturated carbocycles. The number of hydrogen-bond donors (Lipinski definition) is 2. The van der Waals surface area contributed by atoms with Gasteiger partial charge in [-0.05, 0) is 12.8 Å². The number of carbonyl (C=O) groups excluding carboxylic acids is 1. The lowest BCUT2D eigenvalue weighted by molar-refractivity contribution is -0.122. The molecule has 1 amide bonds. The summed E-state index contributed by atoms with van der Waals surface area (Å²) >= 11 is 0. The van der Waals surface area contributed by atoms with E-state index in [2.05, 4.69) is 5.32 Å². The van der Waals surface area contributed by atoms with Crippen LogP contribution in [0.1, 0.15) is 27.2 Å². The van der Waals surface area contributed by atoms with Crippen LogP contribution >= 0.6 is 0 Å². The van der Waals surface area contributed by atoms with Crippen molar-refractivity contribution in [3.05, 3.63) is 0 Å². The molecule has 0 aliphatic rings. The smallest absolute Gasteiger partial charge is 0.221 e. The van der Waals surface area contributed by atoms with E-state index in [4.69, 9.17) is 5.73 Å². The number of nitrogens with one attached hydrogen (secondary N) is 1. The van der Waals surface area contributed by atoms with Gasteiger partial charge in [0.2, 0.25) is 5.91 Å². The summed E-state index contributed by atoms with van der Waals surface area (Å²) in [6, 6.07) is 0. The molecule has 3 heteroatoms. The van der Waals surface area contributed by atoms with Crippen molar-refractivity contribution in [2.75, 3.05) is 0 Å². The van der Waals surface area contributed by atoms with Gasteiger partial charge >= 0.3 is 0 Å². The summed E-state index contributed by atoms with van der Waals surface area (Å²) in [4.78, 5) is 10.9. The number of hydrogen-bond acceptors (Lipinski definition) is 2. The summed E-state index contributed by atoms with van der Waals surface area (Å²) < 4.78 is 0. The van der Waals surface area contributed by atoms with E-state index in [-0.39, 0.29) is 12.1 Å². The molecule has 0 bridgehead atoms. The molecular formula is C7H16N2O. The quantitative estimate of drug-likeness (QED) is 0.565. The van der Waals surface area contributed by atoms with Crippen LogP contribution in [0.2, 0.25) is 0 Å². The van der Waals surface area contributed by atoms with Gasteiger partial charge in [-0.3, -0.25) is 4.79 Å². The maximum Gasteiger partial charge on any atom is 0.221 e. The van der Waals surface area contributed by atoms with Crippen LogP contribution in [0.4, 0.5) is 0 Å². The predicted molar refractivity (Wildman–Crippen MR) is 41.2 cm³/mol. The largest absolute Gasteiger partial charge is 0.341 e. The standard InChI is InChI=1S/C7H16N2O/c1-5(2)4-7(10)9-6(3)8/h5-6H,4,8H2,1-3H3,(H,9,10)/t6-/m0/s1. The summed E-state index contributed by atoms with van der Waals surface area (Å²) in [5, 5.41) is 2.61. The molecule has 0 aromatic rings. The Morgan fingerprint density at radius 1 is 1.50 bits per heavy atom.